The molecule has 2 aromatic heterocycles. The molecule has 2 aromatic rings. The van der Waals surface area contributed by atoms with E-state index in [-0.39, 0.29) is 12.4 Å². The Hall–Kier alpha value is -2.34. The minimum absolute atomic E-state index is 0.235. The number of hydrogen-bond acceptors (Lipinski definition) is 4. The number of halogens is 1. The van der Waals surface area contributed by atoms with Gasteiger partial charge in [-0.25, -0.2) is 4.79 Å². The quantitative estimate of drug-likeness (QED) is 0.308. The van der Waals surface area contributed by atoms with Gasteiger partial charge in [0.25, 0.3) is 0 Å². The van der Waals surface area contributed by atoms with E-state index in [0.29, 0.717) is 22.5 Å². The number of carbonyl (C=O) groups excluding carboxylic acids is 2. The van der Waals surface area contributed by atoms with Crippen molar-refractivity contribution < 1.29 is 18.7 Å². The monoisotopic (exact) mass is 391 g/mol. The van der Waals surface area contributed by atoms with Gasteiger partial charge in [-0.15, -0.1) is 6.58 Å². The van der Waals surface area contributed by atoms with E-state index in [9.17, 15) is 9.59 Å². The van der Waals surface area contributed by atoms with E-state index in [0.717, 1.165) is 11.4 Å². The summed E-state index contributed by atoms with van der Waals surface area (Å²) in [6.45, 7) is 7.82. The number of aromatic nitrogens is 1. The van der Waals surface area contributed by atoms with Crippen LogP contribution in [0.1, 0.15) is 27.5 Å². The molecule has 0 aromatic carbocycles. The molecule has 0 amide bonds. The fourth-order valence-electron chi connectivity index (χ4n) is 2.32. The average molecular weight is 392 g/mol. The first-order valence-electron chi connectivity index (χ1n) is 7.33. The van der Waals surface area contributed by atoms with Crippen LogP contribution in [0.25, 0.3) is 6.08 Å². The summed E-state index contributed by atoms with van der Waals surface area (Å²) in [5, 5.41) is 0. The molecule has 24 heavy (non-hydrogen) atoms. The first-order valence-corrected chi connectivity index (χ1v) is 8.12. The fourth-order valence-corrected chi connectivity index (χ4v) is 2.64. The van der Waals surface area contributed by atoms with Crippen molar-refractivity contribution in [1.29, 1.82) is 0 Å². The highest BCUT2D eigenvalue weighted by atomic mass is 79.9. The summed E-state index contributed by atoms with van der Waals surface area (Å²) in [5.74, 6) is -0.324. The van der Waals surface area contributed by atoms with Gasteiger partial charge in [-0.3, -0.25) is 4.79 Å². The van der Waals surface area contributed by atoms with E-state index in [4.69, 9.17) is 9.15 Å². The second kappa shape index (κ2) is 7.97. The van der Waals surface area contributed by atoms with E-state index in [1.807, 2.05) is 18.4 Å². The van der Waals surface area contributed by atoms with Crippen LogP contribution < -0.4 is 0 Å². The summed E-state index contributed by atoms with van der Waals surface area (Å²) < 4.78 is 12.8. The number of furan rings is 1. The zero-order chi connectivity index (χ0) is 17.7. The van der Waals surface area contributed by atoms with Crippen LogP contribution in [0.2, 0.25) is 0 Å². The van der Waals surface area contributed by atoms with Crippen LogP contribution in [-0.2, 0) is 16.1 Å². The van der Waals surface area contributed by atoms with Crippen molar-refractivity contribution in [2.45, 2.75) is 20.4 Å². The topological polar surface area (TPSA) is 61.4 Å². The molecule has 0 spiro atoms. The molecule has 0 aliphatic rings. The molecule has 6 heteroatoms. The predicted octanol–water partition coefficient (Wildman–Crippen LogP) is 4.09. The first-order chi connectivity index (χ1) is 11.4. The Labute approximate surface area is 148 Å². The number of ether oxygens (including phenoxy) is 1. The first kappa shape index (κ1) is 18.0. The van der Waals surface area contributed by atoms with Gasteiger partial charge in [-0.1, -0.05) is 6.08 Å². The van der Waals surface area contributed by atoms with E-state index in [2.05, 4.69) is 22.5 Å². The molecule has 0 fully saturated rings. The average Bonchev–Trinajstić information content (AvgIpc) is 3.09. The second-order valence-electron chi connectivity index (χ2n) is 5.19. The summed E-state index contributed by atoms with van der Waals surface area (Å²) in [7, 11) is 0. The van der Waals surface area contributed by atoms with Gasteiger partial charge < -0.3 is 13.7 Å². The van der Waals surface area contributed by atoms with Crippen molar-refractivity contribution in [2.75, 3.05) is 6.61 Å². The Morgan fingerprint density at radius 3 is 2.75 bits per heavy atom. The molecule has 0 aliphatic heterocycles. The lowest BCUT2D eigenvalue weighted by molar-refractivity contribution is -0.136. The minimum Gasteiger partial charge on any atom is -0.454 e. The lowest BCUT2D eigenvalue weighted by Crippen LogP contribution is -2.13. The Balaban J connectivity index is 1.95. The summed E-state index contributed by atoms with van der Waals surface area (Å²) in [6, 6.07) is 5.21. The van der Waals surface area contributed by atoms with Crippen molar-refractivity contribution in [3.8, 4) is 0 Å². The molecule has 0 saturated heterocycles. The molecular weight excluding hydrogens is 374 g/mol. The lowest BCUT2D eigenvalue weighted by Gasteiger charge is -2.06. The van der Waals surface area contributed by atoms with Crippen molar-refractivity contribution >= 4 is 33.8 Å². The number of aryl methyl sites for hydroxylation is 1. The van der Waals surface area contributed by atoms with Crippen LogP contribution >= 0.6 is 15.9 Å². The summed E-state index contributed by atoms with van der Waals surface area (Å²) in [4.78, 5) is 23.9. The van der Waals surface area contributed by atoms with Crippen LogP contribution in [0.3, 0.4) is 0 Å². The number of esters is 1. The van der Waals surface area contributed by atoms with Crippen LogP contribution in [0.4, 0.5) is 0 Å². The number of hydrogen-bond donors (Lipinski definition) is 0. The summed E-state index contributed by atoms with van der Waals surface area (Å²) in [6.07, 6.45) is 4.47. The van der Waals surface area contributed by atoms with Gasteiger partial charge in [-0.2, -0.15) is 0 Å². The molecule has 0 atom stereocenters. The molecule has 2 rings (SSSR count). The predicted molar refractivity (Wildman–Crippen MR) is 94.8 cm³/mol. The highest BCUT2D eigenvalue weighted by Crippen LogP contribution is 2.17. The number of carbonyl (C=O) groups is 2. The highest BCUT2D eigenvalue weighted by Gasteiger charge is 2.16. The van der Waals surface area contributed by atoms with E-state index >= 15 is 0 Å². The third kappa shape index (κ3) is 4.35. The largest absolute Gasteiger partial charge is 0.454 e. The smallest absolute Gasteiger partial charge is 0.331 e. The molecule has 2 heterocycles. The van der Waals surface area contributed by atoms with Crippen LogP contribution in [0.15, 0.2) is 46.0 Å². The molecule has 5 nitrogen and oxygen atoms in total. The fraction of sp³-hybridized carbons (Fsp3) is 0.222. The van der Waals surface area contributed by atoms with Crippen LogP contribution in [-0.4, -0.2) is 22.9 Å². The van der Waals surface area contributed by atoms with Gasteiger partial charge in [0.2, 0.25) is 5.78 Å². The molecule has 0 radical (unpaired) electrons. The summed E-state index contributed by atoms with van der Waals surface area (Å²) in [5.41, 5.74) is 2.36. The van der Waals surface area contributed by atoms with Gasteiger partial charge in [0.1, 0.15) is 5.76 Å². The zero-order valence-corrected chi connectivity index (χ0v) is 15.1. The van der Waals surface area contributed by atoms with Crippen molar-refractivity contribution in [2.24, 2.45) is 0 Å². The molecular formula is C18H18BrNO4. The van der Waals surface area contributed by atoms with E-state index in [1.54, 1.807) is 24.3 Å². The van der Waals surface area contributed by atoms with Gasteiger partial charge in [0.05, 0.1) is 0 Å². The molecule has 0 saturated carbocycles. The third-order valence-corrected chi connectivity index (χ3v) is 3.94. The standard InChI is InChI=1S/C18H18BrNO4/c1-4-9-20-12(2)10-15(13(20)3)16(21)11-23-18(22)8-6-14-5-7-17(19)24-14/h4-8,10H,1,9,11H2,2-3H3/b8-6+. The minimum atomic E-state index is -0.601. The molecule has 0 N–H and O–H groups in total. The Morgan fingerprint density at radius 2 is 2.12 bits per heavy atom. The molecule has 0 unspecified atom stereocenters. The summed E-state index contributed by atoms with van der Waals surface area (Å²) >= 11 is 3.17. The van der Waals surface area contributed by atoms with Crippen LogP contribution in [0.5, 0.6) is 0 Å². The van der Waals surface area contributed by atoms with Gasteiger partial charge in [0, 0.05) is 29.6 Å². The third-order valence-electron chi connectivity index (χ3n) is 3.51. The normalized spacial score (nSPS) is 11.0. The zero-order valence-electron chi connectivity index (χ0n) is 13.5. The SMILES string of the molecule is C=CCn1c(C)cc(C(=O)COC(=O)/C=C/c2ccc(Br)o2)c1C. The van der Waals surface area contributed by atoms with E-state index < -0.39 is 5.97 Å². The van der Waals surface area contributed by atoms with Crippen LogP contribution in [0, 0.1) is 13.8 Å². The number of Topliss-reactive ketones (excluding diaryl/α,β-unsaturated/α-hetero) is 1. The van der Waals surface area contributed by atoms with Gasteiger partial charge >= 0.3 is 5.97 Å². The molecule has 0 aliphatic carbocycles. The maximum absolute atomic E-state index is 12.3. The van der Waals surface area contributed by atoms with E-state index in [1.165, 1.54) is 12.2 Å². The van der Waals surface area contributed by atoms with Crippen molar-refractivity contribution in [1.82, 2.24) is 4.57 Å². The molecule has 0 bridgehead atoms. The number of nitrogens with zero attached hydrogens (tertiary/aromatic N) is 1. The highest BCUT2D eigenvalue weighted by molar-refractivity contribution is 9.10. The second-order valence-corrected chi connectivity index (χ2v) is 5.97. The maximum Gasteiger partial charge on any atom is 0.331 e. The maximum atomic E-state index is 12.3. The number of allylic oxidation sites excluding steroid dienone is 1. The Morgan fingerprint density at radius 1 is 1.38 bits per heavy atom. The Kier molecular flexibility index (Phi) is 5.98. The Bertz CT molecular complexity index is 798. The van der Waals surface area contributed by atoms with Crippen molar-refractivity contribution in [3.05, 3.63) is 64.3 Å². The molecule has 126 valence electrons. The van der Waals surface area contributed by atoms with Crippen molar-refractivity contribution in [3.63, 3.8) is 0 Å². The lowest BCUT2D eigenvalue weighted by atomic mass is 10.1. The van der Waals surface area contributed by atoms with Gasteiger partial charge in [0.15, 0.2) is 11.3 Å². The number of ketones is 1. The van der Waals surface area contributed by atoms with Gasteiger partial charge in [-0.05, 0) is 54.1 Å². The number of rotatable bonds is 7.